The Hall–Kier alpha value is -3.51. The van der Waals surface area contributed by atoms with Crippen LogP contribution in [0, 0.1) is 34.0 Å². The Balaban J connectivity index is 0.000000124. The molecular weight excluding hydrogens is 1090 g/mol. The average Bonchev–Trinajstić information content (AvgIpc) is 3.31. The van der Waals surface area contributed by atoms with Gasteiger partial charge in [-0.05, 0) is 92.7 Å². The van der Waals surface area contributed by atoms with Gasteiger partial charge in [0.25, 0.3) is 0 Å². The number of halogens is 6. The second-order valence-corrected chi connectivity index (χ2v) is 25.6. The van der Waals surface area contributed by atoms with Crippen molar-refractivity contribution in [2.75, 3.05) is 71.2 Å². The highest BCUT2D eigenvalue weighted by atomic mass is 35.5. The fraction of sp³-hybridized carbons (Fsp3) is 0.412. The second-order valence-electron chi connectivity index (χ2n) is 20.2. The van der Waals surface area contributed by atoms with Crippen LogP contribution in [-0.4, -0.2) is 69.2 Å². The zero-order valence-electron chi connectivity index (χ0n) is 39.9. The Morgan fingerprint density at radius 2 is 0.708 bits per heavy atom. The van der Waals surface area contributed by atoms with Gasteiger partial charge in [-0.15, -0.1) is 0 Å². The van der Waals surface area contributed by atoms with E-state index in [0.29, 0.717) is 78.9 Å². The lowest BCUT2D eigenvalue weighted by molar-refractivity contribution is 0.0114. The maximum absolute atomic E-state index is 6.23. The van der Waals surface area contributed by atoms with Gasteiger partial charge in [0, 0.05) is 70.2 Å². The molecule has 1 unspecified atom stereocenters. The number of aromatic nitrogens is 6. The van der Waals surface area contributed by atoms with Gasteiger partial charge in [-0.25, -0.2) is 29.9 Å². The minimum absolute atomic E-state index is 0.427. The Kier molecular flexibility index (Phi) is 15.1. The number of nitrogen functional groups attached to an aromatic ring is 3. The van der Waals surface area contributed by atoms with E-state index in [1.54, 1.807) is 36.8 Å². The van der Waals surface area contributed by atoms with Crippen LogP contribution < -0.4 is 31.9 Å². The molecule has 0 bridgehead atoms. The molecule has 12 rings (SSSR count). The lowest BCUT2D eigenvalue weighted by atomic mass is 9.56. The summed E-state index contributed by atoms with van der Waals surface area (Å²) < 4.78 is 0. The summed E-state index contributed by atoms with van der Waals surface area (Å²) in [4.78, 5) is 36.3. The van der Waals surface area contributed by atoms with Crippen LogP contribution in [0.25, 0.3) is 0 Å². The summed E-state index contributed by atoms with van der Waals surface area (Å²) in [6.45, 7) is 13.4. The van der Waals surface area contributed by atoms with Gasteiger partial charge >= 0.3 is 0 Å². The predicted molar refractivity (Wildman–Crippen MR) is 300 cm³/mol. The van der Waals surface area contributed by atoms with Crippen molar-refractivity contribution in [1.82, 2.24) is 29.9 Å². The first kappa shape index (κ1) is 52.0. The molecule has 3 aromatic heterocycles. The lowest BCUT2D eigenvalue weighted by Crippen LogP contribution is -2.64. The predicted octanol–water partition coefficient (Wildman–Crippen LogP) is 14.3. The van der Waals surface area contributed by atoms with Gasteiger partial charge in [0.1, 0.15) is 32.5 Å². The van der Waals surface area contributed by atoms with Crippen molar-refractivity contribution in [3.8, 4) is 0 Å². The Labute approximate surface area is 463 Å². The number of benzene rings is 3. The average molecular weight is 1140 g/mol. The normalized spacial score (nSPS) is 21.5. The minimum atomic E-state index is 0.427. The molecule has 21 heteroatoms. The zero-order valence-corrected chi connectivity index (χ0v) is 46.9. The second kappa shape index (κ2) is 20.9. The van der Waals surface area contributed by atoms with E-state index in [1.807, 2.05) is 36.4 Å². The molecule has 3 aromatic carbocycles. The van der Waals surface area contributed by atoms with E-state index >= 15 is 0 Å². The lowest BCUT2D eigenvalue weighted by Gasteiger charge is -2.60. The SMILES string of the molecule is CC1CCC12CN(c1cnc(Sc3cccc(Cl)c3Cl)c(N)n1)C2.C[C@@H]1CCC12CN(c1cnc(Sc3cccc(Cl)c3Cl)c(N)n1)C2.C[C@H]1CCC12CN(c1cnc(Sc3cccc(Cl)c3Cl)c(N)n1)C2. The van der Waals surface area contributed by atoms with Crippen molar-refractivity contribution < 1.29 is 0 Å². The first-order valence-corrected chi connectivity index (χ1v) is 28.7. The molecule has 6 heterocycles. The maximum Gasteiger partial charge on any atom is 0.158 e. The number of nitrogens with two attached hydrogens (primary N) is 3. The molecule has 378 valence electrons. The fourth-order valence-electron chi connectivity index (χ4n) is 10.4. The van der Waals surface area contributed by atoms with Gasteiger partial charge in [0.15, 0.2) is 17.5 Å². The van der Waals surface area contributed by atoms with E-state index in [-0.39, 0.29) is 0 Å². The Morgan fingerprint density at radius 1 is 0.444 bits per heavy atom. The molecule has 6 N–H and O–H groups in total. The summed E-state index contributed by atoms with van der Waals surface area (Å²) >= 11 is 41.0. The summed E-state index contributed by atoms with van der Waals surface area (Å²) in [5.41, 5.74) is 19.9. The van der Waals surface area contributed by atoms with Crippen LogP contribution in [-0.2, 0) is 0 Å². The van der Waals surface area contributed by atoms with E-state index in [9.17, 15) is 0 Å². The molecule has 72 heavy (non-hydrogen) atoms. The summed E-state index contributed by atoms with van der Waals surface area (Å²) in [6.07, 6.45) is 13.4. The highest BCUT2D eigenvalue weighted by Gasteiger charge is 2.54. The standard InChI is InChI=1S/3C17H18Cl2N4S/c3*1-10-5-6-17(10)8-23(9-17)13-7-21-16(15(20)22-13)24-12-4-2-3-11(18)14(12)19/h3*2-4,7,10H,5-6,8-9H2,1H3,(H2,20,22)/t2*10-;/m10./s1. The summed E-state index contributed by atoms with van der Waals surface area (Å²) in [5, 5.41) is 5.04. The number of nitrogens with zero attached hydrogens (tertiary/aromatic N) is 9. The Bertz CT molecular complexity index is 2690. The summed E-state index contributed by atoms with van der Waals surface area (Å²) in [6, 6.07) is 16.5. The molecule has 3 spiro atoms. The van der Waals surface area contributed by atoms with E-state index in [4.69, 9.17) is 86.8 Å². The number of rotatable bonds is 9. The molecule has 3 aliphatic heterocycles. The number of hydrogen-bond acceptors (Lipinski definition) is 15. The molecular formula is C51H54Cl6N12S3. The first-order chi connectivity index (χ1) is 34.4. The topological polar surface area (TPSA) is 165 Å². The molecule has 3 aliphatic carbocycles. The third kappa shape index (κ3) is 10.2. The van der Waals surface area contributed by atoms with E-state index in [0.717, 1.165) is 89.2 Å². The Morgan fingerprint density at radius 3 is 0.917 bits per heavy atom. The monoisotopic (exact) mass is 1140 g/mol. The van der Waals surface area contributed by atoms with Crippen LogP contribution in [0.15, 0.2) is 103 Å². The van der Waals surface area contributed by atoms with Crippen molar-refractivity contribution in [2.24, 2.45) is 34.0 Å². The van der Waals surface area contributed by atoms with E-state index < -0.39 is 0 Å². The van der Waals surface area contributed by atoms with Crippen molar-refractivity contribution >= 4 is 140 Å². The molecule has 6 aliphatic rings. The molecule has 3 saturated carbocycles. The maximum atomic E-state index is 6.23. The minimum Gasteiger partial charge on any atom is -0.381 e. The van der Waals surface area contributed by atoms with Gasteiger partial charge in [0.05, 0.1) is 48.7 Å². The molecule has 0 radical (unpaired) electrons. The van der Waals surface area contributed by atoms with Crippen LogP contribution in [0.1, 0.15) is 59.3 Å². The van der Waals surface area contributed by atoms with E-state index in [1.165, 1.54) is 73.8 Å². The van der Waals surface area contributed by atoms with Gasteiger partial charge in [0.2, 0.25) is 0 Å². The highest BCUT2D eigenvalue weighted by molar-refractivity contribution is 8.00. The van der Waals surface area contributed by atoms with Crippen molar-refractivity contribution in [3.05, 3.63) is 103 Å². The molecule has 12 nitrogen and oxygen atoms in total. The van der Waals surface area contributed by atoms with Crippen LogP contribution in [0.4, 0.5) is 34.9 Å². The molecule has 6 aromatic rings. The quantitative estimate of drug-likeness (QED) is 0.125. The van der Waals surface area contributed by atoms with Crippen LogP contribution in [0.3, 0.4) is 0 Å². The highest BCUT2D eigenvalue weighted by Crippen LogP contribution is 2.56. The largest absolute Gasteiger partial charge is 0.381 e. The molecule has 6 fully saturated rings. The summed E-state index contributed by atoms with van der Waals surface area (Å²) in [5.74, 6) is 6.32. The van der Waals surface area contributed by atoms with Crippen LogP contribution >= 0.6 is 105 Å². The number of anilines is 6. The fourth-order valence-corrected chi connectivity index (χ4v) is 14.2. The first-order valence-electron chi connectivity index (χ1n) is 23.9. The molecule has 3 saturated heterocycles. The third-order valence-corrected chi connectivity index (χ3v) is 22.0. The van der Waals surface area contributed by atoms with Crippen LogP contribution in [0.5, 0.6) is 0 Å². The zero-order chi connectivity index (χ0) is 50.7. The van der Waals surface area contributed by atoms with E-state index in [2.05, 4.69) is 65.4 Å². The van der Waals surface area contributed by atoms with Gasteiger partial charge in [-0.1, -0.05) is 144 Å². The summed E-state index contributed by atoms with van der Waals surface area (Å²) in [7, 11) is 0. The van der Waals surface area contributed by atoms with Crippen molar-refractivity contribution in [3.63, 3.8) is 0 Å². The number of hydrogen-bond donors (Lipinski definition) is 3. The van der Waals surface area contributed by atoms with Gasteiger partial charge < -0.3 is 31.9 Å². The molecule has 3 atom stereocenters. The molecule has 0 amide bonds. The van der Waals surface area contributed by atoms with Crippen molar-refractivity contribution in [1.29, 1.82) is 0 Å². The third-order valence-electron chi connectivity index (χ3n) is 16.0. The van der Waals surface area contributed by atoms with Crippen LogP contribution in [0.2, 0.25) is 30.1 Å². The van der Waals surface area contributed by atoms with Gasteiger partial charge in [-0.2, -0.15) is 0 Å². The van der Waals surface area contributed by atoms with Gasteiger partial charge in [-0.3, -0.25) is 0 Å². The van der Waals surface area contributed by atoms with Crippen molar-refractivity contribution in [2.45, 2.75) is 89.1 Å². The smallest absolute Gasteiger partial charge is 0.158 e.